The van der Waals surface area contributed by atoms with Crippen molar-refractivity contribution in [1.29, 1.82) is 0 Å². The van der Waals surface area contributed by atoms with Crippen LogP contribution in [0.15, 0.2) is 66.9 Å². The van der Waals surface area contributed by atoms with Crippen LogP contribution in [0.4, 0.5) is 5.69 Å². The zero-order valence-electron chi connectivity index (χ0n) is 15.8. The van der Waals surface area contributed by atoms with Gasteiger partial charge in [0, 0.05) is 36.5 Å². The number of aromatic nitrogens is 1. The summed E-state index contributed by atoms with van der Waals surface area (Å²) in [7, 11) is 0. The number of carbonyl (C=O) groups is 1. The average Bonchev–Trinajstić information content (AvgIpc) is 2.75. The molecule has 2 heterocycles. The van der Waals surface area contributed by atoms with Crippen LogP contribution in [0, 0.1) is 0 Å². The molecule has 0 amide bonds. The molecule has 5 nitrogen and oxygen atoms in total. The number of hydrogen-bond acceptors (Lipinski definition) is 5. The molecule has 0 atom stereocenters. The van der Waals surface area contributed by atoms with Gasteiger partial charge in [-0.3, -0.25) is 4.79 Å². The Morgan fingerprint density at radius 3 is 2.36 bits per heavy atom. The molecule has 1 aliphatic heterocycles. The van der Waals surface area contributed by atoms with Crippen molar-refractivity contribution in [2.24, 2.45) is 0 Å². The van der Waals surface area contributed by atoms with Gasteiger partial charge in [-0.1, -0.05) is 36.4 Å². The summed E-state index contributed by atoms with van der Waals surface area (Å²) in [5.41, 5.74) is 3.74. The minimum atomic E-state index is 0.0624. The standard InChI is InChI=1S/C23H22N2O3/c1-17(26)18-6-8-19(9-7-18)20-10-11-23(24-16-20)28-22-5-3-2-4-21(22)25-12-14-27-15-13-25/h2-11,16H,12-15H2,1H3. The highest BCUT2D eigenvalue weighted by atomic mass is 16.5. The Labute approximate surface area is 164 Å². The highest BCUT2D eigenvalue weighted by molar-refractivity contribution is 5.94. The molecule has 4 rings (SSSR count). The number of para-hydroxylation sites is 2. The molecular weight excluding hydrogens is 352 g/mol. The van der Waals surface area contributed by atoms with Crippen LogP contribution in [0.3, 0.4) is 0 Å². The largest absolute Gasteiger partial charge is 0.437 e. The van der Waals surface area contributed by atoms with Gasteiger partial charge in [0.1, 0.15) is 0 Å². The Morgan fingerprint density at radius 2 is 1.68 bits per heavy atom. The molecule has 0 aliphatic carbocycles. The molecule has 1 fully saturated rings. The number of morpholine rings is 1. The van der Waals surface area contributed by atoms with Crippen molar-refractivity contribution in [2.45, 2.75) is 6.92 Å². The van der Waals surface area contributed by atoms with Crippen molar-refractivity contribution >= 4 is 11.5 Å². The lowest BCUT2D eigenvalue weighted by Gasteiger charge is -2.30. The lowest BCUT2D eigenvalue weighted by molar-refractivity contribution is 0.101. The van der Waals surface area contributed by atoms with Crippen LogP contribution in [-0.4, -0.2) is 37.1 Å². The topological polar surface area (TPSA) is 51.7 Å². The summed E-state index contributed by atoms with van der Waals surface area (Å²) in [5.74, 6) is 1.40. The number of anilines is 1. The first-order chi connectivity index (χ1) is 13.7. The summed E-state index contributed by atoms with van der Waals surface area (Å²) in [6, 6.07) is 19.4. The third-order valence-electron chi connectivity index (χ3n) is 4.79. The third-order valence-corrected chi connectivity index (χ3v) is 4.79. The van der Waals surface area contributed by atoms with E-state index in [9.17, 15) is 4.79 Å². The van der Waals surface area contributed by atoms with E-state index in [1.54, 1.807) is 13.1 Å². The van der Waals surface area contributed by atoms with Gasteiger partial charge in [0.05, 0.1) is 18.9 Å². The smallest absolute Gasteiger partial charge is 0.219 e. The summed E-state index contributed by atoms with van der Waals surface area (Å²) >= 11 is 0. The summed E-state index contributed by atoms with van der Waals surface area (Å²) < 4.78 is 11.5. The first kappa shape index (κ1) is 18.2. The van der Waals surface area contributed by atoms with Crippen LogP contribution in [0.5, 0.6) is 11.6 Å². The van der Waals surface area contributed by atoms with Crippen molar-refractivity contribution < 1.29 is 14.3 Å². The predicted molar refractivity (Wildman–Crippen MR) is 109 cm³/mol. The molecule has 1 saturated heterocycles. The summed E-state index contributed by atoms with van der Waals surface area (Å²) in [6.07, 6.45) is 1.79. The Bertz CT molecular complexity index is 946. The van der Waals surface area contributed by atoms with Gasteiger partial charge in [0.25, 0.3) is 0 Å². The maximum Gasteiger partial charge on any atom is 0.219 e. The lowest BCUT2D eigenvalue weighted by Crippen LogP contribution is -2.36. The van der Waals surface area contributed by atoms with E-state index in [-0.39, 0.29) is 5.78 Å². The van der Waals surface area contributed by atoms with Gasteiger partial charge in [0.2, 0.25) is 5.88 Å². The fourth-order valence-corrected chi connectivity index (χ4v) is 3.23. The second-order valence-electron chi connectivity index (χ2n) is 6.69. The lowest BCUT2D eigenvalue weighted by atomic mass is 10.0. The minimum Gasteiger partial charge on any atom is -0.437 e. The van der Waals surface area contributed by atoms with Gasteiger partial charge in [-0.15, -0.1) is 0 Å². The summed E-state index contributed by atoms with van der Waals surface area (Å²) in [6.45, 7) is 4.72. The molecule has 1 aliphatic rings. The number of ketones is 1. The quantitative estimate of drug-likeness (QED) is 0.612. The van der Waals surface area contributed by atoms with E-state index in [4.69, 9.17) is 9.47 Å². The van der Waals surface area contributed by atoms with Crippen molar-refractivity contribution in [2.75, 3.05) is 31.2 Å². The zero-order valence-corrected chi connectivity index (χ0v) is 15.8. The maximum atomic E-state index is 11.4. The maximum absolute atomic E-state index is 11.4. The van der Waals surface area contributed by atoms with E-state index >= 15 is 0 Å². The van der Waals surface area contributed by atoms with Crippen LogP contribution >= 0.6 is 0 Å². The van der Waals surface area contributed by atoms with Crippen LogP contribution in [-0.2, 0) is 4.74 Å². The second kappa shape index (κ2) is 8.23. The molecule has 0 saturated carbocycles. The summed E-state index contributed by atoms with van der Waals surface area (Å²) in [5, 5.41) is 0. The zero-order chi connectivity index (χ0) is 19.3. The van der Waals surface area contributed by atoms with Crippen LogP contribution in [0.2, 0.25) is 0 Å². The van der Waals surface area contributed by atoms with E-state index in [0.717, 1.165) is 48.9 Å². The van der Waals surface area contributed by atoms with Gasteiger partial charge in [-0.2, -0.15) is 0 Å². The van der Waals surface area contributed by atoms with Gasteiger partial charge in [-0.25, -0.2) is 4.98 Å². The second-order valence-corrected chi connectivity index (χ2v) is 6.69. The number of pyridine rings is 1. The minimum absolute atomic E-state index is 0.0624. The monoisotopic (exact) mass is 374 g/mol. The molecule has 0 spiro atoms. The molecule has 0 radical (unpaired) electrons. The molecule has 28 heavy (non-hydrogen) atoms. The normalized spacial score (nSPS) is 14.0. The number of nitrogens with zero attached hydrogens (tertiary/aromatic N) is 2. The number of Topliss-reactive ketones (excluding diaryl/α,β-unsaturated/α-hetero) is 1. The van der Waals surface area contributed by atoms with E-state index in [2.05, 4.69) is 16.0 Å². The first-order valence-corrected chi connectivity index (χ1v) is 9.38. The van der Waals surface area contributed by atoms with E-state index in [0.29, 0.717) is 11.4 Å². The third kappa shape index (κ3) is 4.05. The molecule has 142 valence electrons. The van der Waals surface area contributed by atoms with Crippen LogP contribution in [0.1, 0.15) is 17.3 Å². The van der Waals surface area contributed by atoms with Crippen LogP contribution in [0.25, 0.3) is 11.1 Å². The highest BCUT2D eigenvalue weighted by Crippen LogP contribution is 2.32. The molecule has 0 N–H and O–H groups in total. The Hall–Kier alpha value is -3.18. The average molecular weight is 374 g/mol. The van der Waals surface area contributed by atoms with E-state index in [1.807, 2.05) is 54.6 Å². The predicted octanol–water partition coefficient (Wildman–Crippen LogP) is 4.58. The molecule has 2 aromatic carbocycles. The molecular formula is C23H22N2O3. The van der Waals surface area contributed by atoms with Crippen molar-refractivity contribution in [3.8, 4) is 22.8 Å². The van der Waals surface area contributed by atoms with Crippen molar-refractivity contribution in [3.63, 3.8) is 0 Å². The SMILES string of the molecule is CC(=O)c1ccc(-c2ccc(Oc3ccccc3N3CCOCC3)nc2)cc1. The molecule has 0 bridgehead atoms. The molecule has 3 aromatic rings. The number of ether oxygens (including phenoxy) is 2. The van der Waals surface area contributed by atoms with Gasteiger partial charge >= 0.3 is 0 Å². The Balaban J connectivity index is 1.51. The van der Waals surface area contributed by atoms with E-state index < -0.39 is 0 Å². The molecule has 1 aromatic heterocycles. The number of carbonyl (C=O) groups excluding carboxylic acids is 1. The molecule has 0 unspecified atom stereocenters. The fourth-order valence-electron chi connectivity index (χ4n) is 3.23. The highest BCUT2D eigenvalue weighted by Gasteiger charge is 2.16. The van der Waals surface area contributed by atoms with Gasteiger partial charge in [-0.05, 0) is 30.7 Å². The Kier molecular flexibility index (Phi) is 5.35. The number of rotatable bonds is 5. The number of hydrogen-bond donors (Lipinski definition) is 0. The van der Waals surface area contributed by atoms with Crippen molar-refractivity contribution in [1.82, 2.24) is 4.98 Å². The van der Waals surface area contributed by atoms with Gasteiger partial charge < -0.3 is 14.4 Å². The summed E-state index contributed by atoms with van der Waals surface area (Å²) in [4.78, 5) is 18.1. The Morgan fingerprint density at radius 1 is 0.964 bits per heavy atom. The van der Waals surface area contributed by atoms with Crippen LogP contribution < -0.4 is 9.64 Å². The van der Waals surface area contributed by atoms with E-state index in [1.165, 1.54) is 0 Å². The molecule has 5 heteroatoms. The van der Waals surface area contributed by atoms with Crippen molar-refractivity contribution in [3.05, 3.63) is 72.4 Å². The number of benzene rings is 2. The van der Waals surface area contributed by atoms with Gasteiger partial charge in [0.15, 0.2) is 11.5 Å². The first-order valence-electron chi connectivity index (χ1n) is 9.38. The fraction of sp³-hybridized carbons (Fsp3) is 0.217.